The smallest absolute Gasteiger partial charge is 0.324 e. The summed E-state index contributed by atoms with van der Waals surface area (Å²) in [6, 6.07) is 4.78. The van der Waals surface area contributed by atoms with Crippen molar-refractivity contribution in [2.45, 2.75) is 6.92 Å². The average molecular weight is 269 g/mol. The van der Waals surface area contributed by atoms with Gasteiger partial charge in [0.15, 0.2) is 6.61 Å². The van der Waals surface area contributed by atoms with Crippen LogP contribution < -0.4 is 10.1 Å². The molecule has 0 unspecified atom stereocenters. The highest BCUT2D eigenvalue weighted by atomic mass is 35.5. The van der Waals surface area contributed by atoms with E-state index in [-0.39, 0.29) is 18.5 Å². The molecule has 0 saturated carbocycles. The summed E-state index contributed by atoms with van der Waals surface area (Å²) in [5.41, 5.74) is 0.848. The van der Waals surface area contributed by atoms with Crippen molar-refractivity contribution in [1.29, 1.82) is 0 Å². The molecule has 1 aromatic rings. The lowest BCUT2D eigenvalue weighted by atomic mass is 10.2. The van der Waals surface area contributed by atoms with Gasteiger partial charge in [-0.1, -0.05) is 11.6 Å². The van der Waals surface area contributed by atoms with E-state index < -0.39 is 0 Å². The van der Waals surface area contributed by atoms with Gasteiger partial charge in [0.2, 0.25) is 0 Å². The molecule has 1 saturated heterocycles. The van der Waals surface area contributed by atoms with Crippen LogP contribution in [0.1, 0.15) is 5.56 Å². The fourth-order valence-electron chi connectivity index (χ4n) is 1.70. The minimum Gasteiger partial charge on any atom is -0.483 e. The number of imide groups is 1. The van der Waals surface area contributed by atoms with Crippen LogP contribution in [0.5, 0.6) is 5.75 Å². The monoisotopic (exact) mass is 268 g/mol. The van der Waals surface area contributed by atoms with Gasteiger partial charge in [-0.15, -0.1) is 0 Å². The molecular weight excluding hydrogens is 256 g/mol. The lowest BCUT2D eigenvalue weighted by Gasteiger charge is -2.13. The van der Waals surface area contributed by atoms with Crippen molar-refractivity contribution in [3.8, 4) is 5.75 Å². The number of amides is 3. The van der Waals surface area contributed by atoms with E-state index in [2.05, 4.69) is 5.32 Å². The summed E-state index contributed by atoms with van der Waals surface area (Å²) in [6.07, 6.45) is 0. The Morgan fingerprint density at radius 2 is 2.33 bits per heavy atom. The molecule has 1 aliphatic heterocycles. The molecule has 0 atom stereocenters. The molecule has 1 aliphatic rings. The number of aryl methyl sites for hydroxylation is 1. The summed E-state index contributed by atoms with van der Waals surface area (Å²) in [4.78, 5) is 24.1. The number of carbonyl (C=O) groups is 2. The average Bonchev–Trinajstić information content (AvgIpc) is 2.74. The topological polar surface area (TPSA) is 58.6 Å². The third kappa shape index (κ3) is 2.73. The summed E-state index contributed by atoms with van der Waals surface area (Å²) in [7, 11) is 0. The lowest BCUT2D eigenvalue weighted by Crippen LogP contribution is -2.37. The first kappa shape index (κ1) is 12.7. The van der Waals surface area contributed by atoms with Crippen LogP contribution in [0.25, 0.3) is 0 Å². The molecule has 0 aliphatic carbocycles. The second-order valence-electron chi connectivity index (χ2n) is 3.98. The second-order valence-corrected chi connectivity index (χ2v) is 4.41. The van der Waals surface area contributed by atoms with Gasteiger partial charge < -0.3 is 10.1 Å². The number of carbonyl (C=O) groups excluding carboxylic acids is 2. The normalized spacial score (nSPS) is 14.6. The van der Waals surface area contributed by atoms with Gasteiger partial charge in [0.25, 0.3) is 5.91 Å². The number of rotatable bonds is 3. The molecule has 3 amide bonds. The number of benzene rings is 1. The molecule has 5 nitrogen and oxygen atoms in total. The SMILES string of the molecule is Cc1cc(Cl)ccc1OCC(=O)N1CCNC1=O. The molecule has 1 fully saturated rings. The highest BCUT2D eigenvalue weighted by Gasteiger charge is 2.26. The summed E-state index contributed by atoms with van der Waals surface area (Å²) in [6.45, 7) is 2.56. The van der Waals surface area contributed by atoms with Gasteiger partial charge in [-0.05, 0) is 30.7 Å². The van der Waals surface area contributed by atoms with Gasteiger partial charge in [0.05, 0.1) is 0 Å². The zero-order valence-corrected chi connectivity index (χ0v) is 10.7. The summed E-state index contributed by atoms with van der Waals surface area (Å²) in [5.74, 6) is 0.242. The first-order valence-electron chi connectivity index (χ1n) is 5.55. The number of nitrogens with zero attached hydrogens (tertiary/aromatic N) is 1. The van der Waals surface area contributed by atoms with Gasteiger partial charge >= 0.3 is 6.03 Å². The first-order valence-corrected chi connectivity index (χ1v) is 5.93. The van der Waals surface area contributed by atoms with Crippen LogP contribution in [0, 0.1) is 6.92 Å². The maximum absolute atomic E-state index is 11.7. The van der Waals surface area contributed by atoms with Crippen LogP contribution >= 0.6 is 11.6 Å². The van der Waals surface area contributed by atoms with Gasteiger partial charge in [-0.25, -0.2) is 4.79 Å². The number of hydrogen-bond donors (Lipinski definition) is 1. The van der Waals surface area contributed by atoms with E-state index in [1.807, 2.05) is 6.92 Å². The van der Waals surface area contributed by atoms with Crippen LogP contribution in [0.3, 0.4) is 0 Å². The second kappa shape index (κ2) is 5.27. The molecular formula is C12H13ClN2O3. The van der Waals surface area contributed by atoms with Crippen LogP contribution in [0.2, 0.25) is 5.02 Å². The van der Waals surface area contributed by atoms with Crippen molar-refractivity contribution in [1.82, 2.24) is 10.2 Å². The Morgan fingerprint density at radius 1 is 1.56 bits per heavy atom. The van der Waals surface area contributed by atoms with E-state index in [9.17, 15) is 9.59 Å². The molecule has 1 heterocycles. The van der Waals surface area contributed by atoms with Crippen LogP contribution in [0.4, 0.5) is 4.79 Å². The maximum Gasteiger partial charge on any atom is 0.324 e. The third-order valence-corrected chi connectivity index (χ3v) is 2.88. The Balaban J connectivity index is 1.95. The Morgan fingerprint density at radius 3 is 2.94 bits per heavy atom. The number of urea groups is 1. The van der Waals surface area contributed by atoms with Gasteiger partial charge in [-0.2, -0.15) is 0 Å². The van der Waals surface area contributed by atoms with E-state index in [0.717, 1.165) is 10.5 Å². The van der Waals surface area contributed by atoms with E-state index >= 15 is 0 Å². The number of halogens is 1. The third-order valence-electron chi connectivity index (χ3n) is 2.65. The van der Waals surface area contributed by atoms with Gasteiger partial charge in [0, 0.05) is 18.1 Å². The van der Waals surface area contributed by atoms with Crippen molar-refractivity contribution < 1.29 is 14.3 Å². The molecule has 0 aromatic heterocycles. The highest BCUT2D eigenvalue weighted by molar-refractivity contribution is 6.30. The number of ether oxygens (including phenoxy) is 1. The minimum atomic E-state index is -0.364. The predicted octanol–water partition coefficient (Wildman–Crippen LogP) is 1.58. The van der Waals surface area contributed by atoms with E-state index in [4.69, 9.17) is 16.3 Å². The van der Waals surface area contributed by atoms with Crippen LogP contribution in [-0.2, 0) is 4.79 Å². The van der Waals surface area contributed by atoms with Crippen molar-refractivity contribution in [3.05, 3.63) is 28.8 Å². The van der Waals surface area contributed by atoms with E-state index in [0.29, 0.717) is 23.9 Å². The Kier molecular flexibility index (Phi) is 3.72. The Hall–Kier alpha value is -1.75. The predicted molar refractivity (Wildman–Crippen MR) is 66.8 cm³/mol. The Bertz CT molecular complexity index is 490. The molecule has 1 N–H and O–H groups in total. The molecule has 96 valence electrons. The minimum absolute atomic E-state index is 0.157. The molecule has 18 heavy (non-hydrogen) atoms. The zero-order valence-electron chi connectivity index (χ0n) is 9.90. The quantitative estimate of drug-likeness (QED) is 0.905. The van der Waals surface area contributed by atoms with Crippen LogP contribution in [0.15, 0.2) is 18.2 Å². The lowest BCUT2D eigenvalue weighted by molar-refractivity contribution is -0.129. The van der Waals surface area contributed by atoms with Crippen molar-refractivity contribution in [2.75, 3.05) is 19.7 Å². The Labute approximate surface area is 110 Å². The largest absolute Gasteiger partial charge is 0.483 e. The molecule has 0 radical (unpaired) electrons. The van der Waals surface area contributed by atoms with Crippen molar-refractivity contribution >= 4 is 23.5 Å². The molecule has 6 heteroatoms. The van der Waals surface area contributed by atoms with Gasteiger partial charge in [-0.3, -0.25) is 9.69 Å². The fraction of sp³-hybridized carbons (Fsp3) is 0.333. The summed E-state index contributed by atoms with van der Waals surface area (Å²) < 4.78 is 5.38. The van der Waals surface area contributed by atoms with Crippen LogP contribution in [-0.4, -0.2) is 36.5 Å². The maximum atomic E-state index is 11.7. The van der Waals surface area contributed by atoms with Gasteiger partial charge in [0.1, 0.15) is 5.75 Å². The number of hydrogen-bond acceptors (Lipinski definition) is 3. The molecule has 0 spiro atoms. The zero-order chi connectivity index (χ0) is 13.1. The fourth-order valence-corrected chi connectivity index (χ4v) is 1.93. The first-order chi connectivity index (χ1) is 8.58. The molecule has 0 bridgehead atoms. The molecule has 1 aromatic carbocycles. The standard InChI is InChI=1S/C12H13ClN2O3/c1-8-6-9(13)2-3-10(8)18-7-11(16)15-5-4-14-12(15)17/h2-3,6H,4-5,7H2,1H3,(H,14,17). The highest BCUT2D eigenvalue weighted by Crippen LogP contribution is 2.21. The summed E-state index contributed by atoms with van der Waals surface area (Å²) in [5, 5.41) is 3.18. The number of nitrogens with one attached hydrogen (secondary N) is 1. The van der Waals surface area contributed by atoms with E-state index in [1.54, 1.807) is 18.2 Å². The van der Waals surface area contributed by atoms with Crippen molar-refractivity contribution in [2.24, 2.45) is 0 Å². The van der Waals surface area contributed by atoms with Crippen molar-refractivity contribution in [3.63, 3.8) is 0 Å². The molecule has 2 rings (SSSR count). The van der Waals surface area contributed by atoms with E-state index in [1.165, 1.54) is 0 Å². The summed E-state index contributed by atoms with van der Waals surface area (Å²) >= 11 is 5.82.